The van der Waals surface area contributed by atoms with Crippen molar-refractivity contribution in [2.75, 3.05) is 44.8 Å². The Morgan fingerprint density at radius 1 is 1.30 bits per heavy atom. The van der Waals surface area contributed by atoms with E-state index < -0.39 is 0 Å². The Hall–Kier alpha value is -1.92. The molecule has 0 unspecified atom stereocenters. The largest absolute Gasteiger partial charge is 0.375 e. The fourth-order valence-electron chi connectivity index (χ4n) is 2.80. The SMILES string of the molecule is COCC(=O)N1CCN(c2ccc3c(Cl)ccnc3c2F)CC1. The van der Waals surface area contributed by atoms with Crippen molar-refractivity contribution >= 4 is 34.1 Å². The van der Waals surface area contributed by atoms with Crippen LogP contribution in [0.15, 0.2) is 24.4 Å². The molecule has 7 heteroatoms. The Kier molecular flexibility index (Phi) is 4.63. The second kappa shape index (κ2) is 6.68. The molecule has 1 aromatic heterocycles. The number of hydrogen-bond donors (Lipinski definition) is 0. The number of aromatic nitrogens is 1. The van der Waals surface area contributed by atoms with E-state index in [4.69, 9.17) is 16.3 Å². The fourth-order valence-corrected chi connectivity index (χ4v) is 3.00. The zero-order chi connectivity index (χ0) is 16.4. The molecule has 1 aromatic carbocycles. The van der Waals surface area contributed by atoms with E-state index >= 15 is 0 Å². The Labute approximate surface area is 138 Å². The molecule has 2 aromatic rings. The van der Waals surface area contributed by atoms with Gasteiger partial charge in [-0.1, -0.05) is 11.6 Å². The van der Waals surface area contributed by atoms with Crippen molar-refractivity contribution < 1.29 is 13.9 Å². The Morgan fingerprint density at radius 2 is 2.04 bits per heavy atom. The molecule has 1 fully saturated rings. The van der Waals surface area contributed by atoms with Gasteiger partial charge in [0.15, 0.2) is 5.82 Å². The third kappa shape index (κ3) is 3.09. The molecule has 23 heavy (non-hydrogen) atoms. The molecule has 0 N–H and O–H groups in total. The Balaban J connectivity index is 1.80. The number of methoxy groups -OCH3 is 1. The number of ether oxygens (including phenoxy) is 1. The number of rotatable bonds is 3. The molecule has 3 rings (SSSR count). The van der Waals surface area contributed by atoms with Crippen molar-refractivity contribution in [3.05, 3.63) is 35.2 Å². The number of hydrogen-bond acceptors (Lipinski definition) is 4. The highest BCUT2D eigenvalue weighted by atomic mass is 35.5. The average Bonchev–Trinajstić information content (AvgIpc) is 2.56. The van der Waals surface area contributed by atoms with E-state index in [9.17, 15) is 9.18 Å². The highest BCUT2D eigenvalue weighted by Crippen LogP contribution is 2.30. The van der Waals surface area contributed by atoms with E-state index in [0.717, 1.165) is 0 Å². The van der Waals surface area contributed by atoms with Crippen LogP contribution in [0.3, 0.4) is 0 Å². The molecular formula is C16H17ClFN3O2. The zero-order valence-electron chi connectivity index (χ0n) is 12.8. The van der Waals surface area contributed by atoms with Crippen molar-refractivity contribution in [3.63, 3.8) is 0 Å². The van der Waals surface area contributed by atoms with Gasteiger partial charge in [0.2, 0.25) is 5.91 Å². The van der Waals surface area contributed by atoms with Crippen LogP contribution >= 0.6 is 11.6 Å². The van der Waals surface area contributed by atoms with Crippen LogP contribution in [-0.4, -0.2) is 55.7 Å². The highest BCUT2D eigenvalue weighted by molar-refractivity contribution is 6.35. The number of pyridine rings is 1. The first-order valence-electron chi connectivity index (χ1n) is 7.36. The summed E-state index contributed by atoms with van der Waals surface area (Å²) in [5, 5.41) is 1.08. The van der Waals surface area contributed by atoms with Gasteiger partial charge in [0, 0.05) is 44.9 Å². The van der Waals surface area contributed by atoms with Gasteiger partial charge in [-0.05, 0) is 18.2 Å². The minimum atomic E-state index is -0.373. The maximum absolute atomic E-state index is 14.7. The molecule has 0 atom stereocenters. The number of piperazine rings is 1. The molecule has 0 spiro atoms. The van der Waals surface area contributed by atoms with Gasteiger partial charge in [-0.2, -0.15) is 0 Å². The van der Waals surface area contributed by atoms with Crippen LogP contribution in [0.1, 0.15) is 0 Å². The predicted octanol–water partition coefficient (Wildman–Crippen LogP) is 2.32. The van der Waals surface area contributed by atoms with Crippen LogP contribution in [0.5, 0.6) is 0 Å². The third-order valence-corrected chi connectivity index (χ3v) is 4.35. The first-order valence-corrected chi connectivity index (χ1v) is 7.74. The fraction of sp³-hybridized carbons (Fsp3) is 0.375. The van der Waals surface area contributed by atoms with Crippen molar-refractivity contribution in [1.29, 1.82) is 0 Å². The second-order valence-electron chi connectivity index (χ2n) is 5.39. The Bertz CT molecular complexity index is 733. The van der Waals surface area contributed by atoms with Crippen molar-refractivity contribution in [2.24, 2.45) is 0 Å². The molecule has 1 amide bonds. The molecule has 1 aliphatic heterocycles. The van der Waals surface area contributed by atoms with E-state index in [2.05, 4.69) is 4.98 Å². The number of carbonyl (C=O) groups is 1. The molecule has 0 saturated carbocycles. The summed E-state index contributed by atoms with van der Waals surface area (Å²) in [6.07, 6.45) is 1.50. The van der Waals surface area contributed by atoms with Crippen LogP contribution in [-0.2, 0) is 9.53 Å². The first kappa shape index (κ1) is 16.0. The first-order chi connectivity index (χ1) is 11.1. The lowest BCUT2D eigenvalue weighted by atomic mass is 10.1. The summed E-state index contributed by atoms with van der Waals surface area (Å²) in [5.41, 5.74) is 0.763. The summed E-state index contributed by atoms with van der Waals surface area (Å²) in [7, 11) is 1.50. The monoisotopic (exact) mass is 337 g/mol. The van der Waals surface area contributed by atoms with Crippen LogP contribution in [0, 0.1) is 5.82 Å². The summed E-state index contributed by atoms with van der Waals surface area (Å²) in [6.45, 7) is 2.30. The maximum atomic E-state index is 14.7. The quantitative estimate of drug-likeness (QED) is 0.862. The normalized spacial score (nSPS) is 15.3. The molecule has 0 bridgehead atoms. The average molecular weight is 338 g/mol. The smallest absolute Gasteiger partial charge is 0.248 e. The van der Waals surface area contributed by atoms with Gasteiger partial charge in [0.05, 0.1) is 10.7 Å². The van der Waals surface area contributed by atoms with Crippen molar-refractivity contribution in [3.8, 4) is 0 Å². The third-order valence-electron chi connectivity index (χ3n) is 4.02. The zero-order valence-corrected chi connectivity index (χ0v) is 13.5. The number of nitrogens with zero attached hydrogens (tertiary/aromatic N) is 3. The van der Waals surface area contributed by atoms with Gasteiger partial charge >= 0.3 is 0 Å². The molecule has 122 valence electrons. The lowest BCUT2D eigenvalue weighted by Gasteiger charge is -2.36. The summed E-state index contributed by atoms with van der Waals surface area (Å²) < 4.78 is 19.6. The topological polar surface area (TPSA) is 45.7 Å². The predicted molar refractivity (Wildman–Crippen MR) is 87.4 cm³/mol. The summed E-state index contributed by atoms with van der Waals surface area (Å²) in [4.78, 5) is 19.6. The van der Waals surface area contributed by atoms with Crippen LogP contribution in [0.25, 0.3) is 10.9 Å². The molecule has 0 aliphatic carbocycles. The van der Waals surface area contributed by atoms with Gasteiger partial charge in [0.1, 0.15) is 12.1 Å². The number of amides is 1. The van der Waals surface area contributed by atoms with E-state index in [1.54, 1.807) is 23.1 Å². The lowest BCUT2D eigenvalue weighted by molar-refractivity contribution is -0.135. The maximum Gasteiger partial charge on any atom is 0.248 e. The lowest BCUT2D eigenvalue weighted by Crippen LogP contribution is -2.50. The molecular weight excluding hydrogens is 321 g/mol. The minimum absolute atomic E-state index is 0.0421. The van der Waals surface area contributed by atoms with Crippen molar-refractivity contribution in [1.82, 2.24) is 9.88 Å². The number of fused-ring (bicyclic) bond motifs is 1. The number of benzene rings is 1. The van der Waals surface area contributed by atoms with Crippen LogP contribution in [0.4, 0.5) is 10.1 Å². The van der Waals surface area contributed by atoms with Gasteiger partial charge in [-0.25, -0.2) is 4.39 Å². The molecule has 5 nitrogen and oxygen atoms in total. The van der Waals surface area contributed by atoms with E-state index in [1.807, 2.05) is 4.90 Å². The molecule has 1 aliphatic rings. The molecule has 2 heterocycles. The van der Waals surface area contributed by atoms with E-state index in [0.29, 0.717) is 42.3 Å². The second-order valence-corrected chi connectivity index (χ2v) is 5.80. The number of carbonyl (C=O) groups excluding carboxylic acids is 1. The Morgan fingerprint density at radius 3 is 2.74 bits per heavy atom. The standard InChI is InChI=1S/C16H17ClFN3O2/c1-23-10-14(22)21-8-6-20(7-9-21)13-3-2-11-12(17)4-5-19-16(11)15(13)18/h2-5H,6-10H2,1H3. The minimum Gasteiger partial charge on any atom is -0.375 e. The van der Waals surface area contributed by atoms with Crippen LogP contribution in [0.2, 0.25) is 5.02 Å². The number of anilines is 1. The van der Waals surface area contributed by atoms with Gasteiger partial charge < -0.3 is 14.5 Å². The summed E-state index contributed by atoms with van der Waals surface area (Å²) in [6, 6.07) is 5.15. The molecule has 1 saturated heterocycles. The molecule has 0 radical (unpaired) electrons. The van der Waals surface area contributed by atoms with E-state index in [1.165, 1.54) is 13.3 Å². The van der Waals surface area contributed by atoms with Gasteiger partial charge in [0.25, 0.3) is 0 Å². The van der Waals surface area contributed by atoms with Crippen LogP contribution < -0.4 is 4.90 Å². The van der Waals surface area contributed by atoms with Gasteiger partial charge in [-0.15, -0.1) is 0 Å². The summed E-state index contributed by atoms with van der Waals surface area (Å²) in [5.74, 6) is -0.416. The van der Waals surface area contributed by atoms with Gasteiger partial charge in [-0.3, -0.25) is 9.78 Å². The van der Waals surface area contributed by atoms with E-state index in [-0.39, 0.29) is 23.8 Å². The van der Waals surface area contributed by atoms with Crippen molar-refractivity contribution in [2.45, 2.75) is 0 Å². The summed E-state index contributed by atoms with van der Waals surface area (Å²) >= 11 is 6.07. The number of halogens is 2. The highest BCUT2D eigenvalue weighted by Gasteiger charge is 2.23.